The van der Waals surface area contributed by atoms with Crippen LogP contribution in [0, 0.1) is 28.6 Å². The van der Waals surface area contributed by atoms with Crippen molar-refractivity contribution in [3.05, 3.63) is 0 Å². The Morgan fingerprint density at radius 1 is 0.789 bits per heavy atom. The second-order valence-corrected chi connectivity index (χ2v) is 7.10. The summed E-state index contributed by atoms with van der Waals surface area (Å²) in [5.74, 6) is 1.13. The molecule has 0 radical (unpaired) electrons. The molecule has 4 fully saturated rings. The van der Waals surface area contributed by atoms with Crippen molar-refractivity contribution in [2.45, 2.75) is 52.9 Å². The fourth-order valence-electron chi connectivity index (χ4n) is 6.10. The first kappa shape index (κ1) is 13.0. The van der Waals surface area contributed by atoms with E-state index in [4.69, 9.17) is 0 Å². The van der Waals surface area contributed by atoms with E-state index in [1.165, 1.54) is 20.3 Å². The number of rotatable bonds is 3. The van der Waals surface area contributed by atoms with E-state index >= 15 is 0 Å². The highest BCUT2D eigenvalue weighted by atomic mass is 16.2. The molecule has 0 N–H and O–H groups in total. The van der Waals surface area contributed by atoms with Crippen LogP contribution in [0.4, 0.5) is 0 Å². The number of hydrogen-bond donors (Lipinski definition) is 0. The van der Waals surface area contributed by atoms with Crippen LogP contribution in [0.25, 0.3) is 0 Å². The van der Waals surface area contributed by atoms with Gasteiger partial charge in [0.2, 0.25) is 0 Å². The van der Waals surface area contributed by atoms with E-state index in [-0.39, 0.29) is 23.3 Å². The number of Topliss-reactive ketones (excluding diaryl/α,β-unsaturated/α-hetero) is 3. The standard InChI is InChI=1S/C16H22O3/c1-9(17)15-7-12-4-13(8-15)6-14(5-12)16(15,10(2)18)11(3)19/h12-14H,4-8H2,1-3H3. The second-order valence-electron chi connectivity index (χ2n) is 7.10. The lowest BCUT2D eigenvalue weighted by Gasteiger charge is -2.64. The Kier molecular flexibility index (Phi) is 2.58. The van der Waals surface area contributed by atoms with Crippen LogP contribution < -0.4 is 0 Å². The third-order valence-corrected chi connectivity index (χ3v) is 6.33. The number of carbonyl (C=O) groups excluding carboxylic acids is 3. The average Bonchev–Trinajstić information content (AvgIpc) is 2.26. The van der Waals surface area contributed by atoms with E-state index < -0.39 is 10.8 Å². The van der Waals surface area contributed by atoms with Crippen molar-refractivity contribution in [2.75, 3.05) is 0 Å². The molecule has 0 aromatic rings. The van der Waals surface area contributed by atoms with Gasteiger partial charge in [-0.25, -0.2) is 0 Å². The van der Waals surface area contributed by atoms with E-state index in [1.807, 2.05) is 0 Å². The van der Waals surface area contributed by atoms with Crippen LogP contribution in [0.2, 0.25) is 0 Å². The smallest absolute Gasteiger partial charge is 0.144 e. The second kappa shape index (κ2) is 3.77. The summed E-state index contributed by atoms with van der Waals surface area (Å²) in [5.41, 5.74) is -1.69. The van der Waals surface area contributed by atoms with Gasteiger partial charge in [0.15, 0.2) is 0 Å². The highest BCUT2D eigenvalue weighted by Gasteiger charge is 2.71. The number of ketones is 3. The van der Waals surface area contributed by atoms with Crippen molar-refractivity contribution in [3.63, 3.8) is 0 Å². The highest BCUT2D eigenvalue weighted by molar-refractivity contribution is 6.11. The van der Waals surface area contributed by atoms with Crippen LogP contribution in [-0.2, 0) is 14.4 Å². The zero-order valence-electron chi connectivity index (χ0n) is 12.0. The molecule has 4 rings (SSSR count). The maximum atomic E-state index is 12.4. The first-order valence-electron chi connectivity index (χ1n) is 7.37. The molecular weight excluding hydrogens is 240 g/mol. The minimum Gasteiger partial charge on any atom is -0.299 e. The Balaban J connectivity index is 2.23. The Hall–Kier alpha value is -0.990. The van der Waals surface area contributed by atoms with E-state index in [1.54, 1.807) is 6.92 Å². The maximum Gasteiger partial charge on any atom is 0.144 e. The molecule has 4 bridgehead atoms. The number of carbonyl (C=O) groups is 3. The fraction of sp³-hybridized carbons (Fsp3) is 0.812. The molecule has 0 spiro atoms. The summed E-state index contributed by atoms with van der Waals surface area (Å²) in [6.45, 7) is 4.64. The van der Waals surface area contributed by atoms with Gasteiger partial charge in [-0.1, -0.05) is 0 Å². The van der Waals surface area contributed by atoms with Crippen molar-refractivity contribution in [1.29, 1.82) is 0 Å². The molecule has 0 amide bonds. The highest BCUT2D eigenvalue weighted by Crippen LogP contribution is 2.69. The summed E-state index contributed by atoms with van der Waals surface area (Å²) < 4.78 is 0. The quantitative estimate of drug-likeness (QED) is 0.734. The molecule has 3 heteroatoms. The molecule has 4 saturated carbocycles. The topological polar surface area (TPSA) is 51.2 Å². The van der Waals surface area contributed by atoms with Crippen LogP contribution in [0.15, 0.2) is 0 Å². The third kappa shape index (κ3) is 1.31. The molecule has 0 heterocycles. The minimum absolute atomic E-state index is 0.0667. The summed E-state index contributed by atoms with van der Waals surface area (Å²) in [7, 11) is 0. The van der Waals surface area contributed by atoms with Gasteiger partial charge in [-0.2, -0.15) is 0 Å². The Morgan fingerprint density at radius 3 is 1.63 bits per heavy atom. The summed E-state index contributed by atoms with van der Waals surface area (Å²) in [5, 5.41) is 0. The molecule has 2 atom stereocenters. The summed E-state index contributed by atoms with van der Waals surface area (Å²) >= 11 is 0. The van der Waals surface area contributed by atoms with Gasteiger partial charge in [0.1, 0.15) is 22.8 Å². The Morgan fingerprint density at radius 2 is 1.26 bits per heavy atom. The molecule has 0 aliphatic heterocycles. The first-order valence-corrected chi connectivity index (χ1v) is 7.37. The summed E-state index contributed by atoms with van der Waals surface area (Å²) in [4.78, 5) is 37.3. The molecule has 19 heavy (non-hydrogen) atoms. The molecule has 4 aliphatic rings. The molecule has 0 aromatic heterocycles. The van der Waals surface area contributed by atoms with Gasteiger partial charge in [0, 0.05) is 5.41 Å². The monoisotopic (exact) mass is 262 g/mol. The van der Waals surface area contributed by atoms with Crippen molar-refractivity contribution >= 4 is 17.3 Å². The molecule has 4 aliphatic carbocycles. The SMILES string of the molecule is CC(=O)C12CC3CC(CC(C3)C1(C(C)=O)C(C)=O)C2. The van der Waals surface area contributed by atoms with Crippen LogP contribution in [-0.4, -0.2) is 17.3 Å². The minimum atomic E-state index is -1.01. The van der Waals surface area contributed by atoms with Crippen molar-refractivity contribution in [3.8, 4) is 0 Å². The largest absolute Gasteiger partial charge is 0.299 e. The zero-order valence-corrected chi connectivity index (χ0v) is 12.0. The van der Waals surface area contributed by atoms with Gasteiger partial charge in [-0.15, -0.1) is 0 Å². The molecule has 0 saturated heterocycles. The molecule has 2 unspecified atom stereocenters. The van der Waals surface area contributed by atoms with E-state index in [2.05, 4.69) is 0 Å². The first-order chi connectivity index (χ1) is 8.84. The maximum absolute atomic E-state index is 12.4. The molecule has 0 aromatic carbocycles. The van der Waals surface area contributed by atoms with Crippen molar-refractivity contribution < 1.29 is 14.4 Å². The summed E-state index contributed by atoms with van der Waals surface area (Å²) in [6.07, 6.45) is 4.63. The third-order valence-electron chi connectivity index (χ3n) is 6.33. The molecular formula is C16H22O3. The predicted molar refractivity (Wildman–Crippen MR) is 70.5 cm³/mol. The lowest BCUT2D eigenvalue weighted by Crippen LogP contribution is -2.68. The number of hydrogen-bond acceptors (Lipinski definition) is 3. The lowest BCUT2D eigenvalue weighted by atomic mass is 9.36. The van der Waals surface area contributed by atoms with Gasteiger partial charge in [0.25, 0.3) is 0 Å². The Labute approximate surface area is 114 Å². The predicted octanol–water partition coefficient (Wildman–Crippen LogP) is 2.57. The zero-order chi connectivity index (χ0) is 14.0. The molecule has 3 nitrogen and oxygen atoms in total. The van der Waals surface area contributed by atoms with Gasteiger partial charge in [-0.05, 0) is 70.6 Å². The van der Waals surface area contributed by atoms with Gasteiger partial charge in [0.05, 0.1) is 0 Å². The lowest BCUT2D eigenvalue weighted by molar-refractivity contribution is -0.193. The van der Waals surface area contributed by atoms with Crippen LogP contribution in [0.1, 0.15) is 52.9 Å². The van der Waals surface area contributed by atoms with E-state index in [0.29, 0.717) is 11.8 Å². The van der Waals surface area contributed by atoms with Crippen LogP contribution in [0.5, 0.6) is 0 Å². The Bertz CT molecular complexity index is 448. The van der Waals surface area contributed by atoms with E-state index in [0.717, 1.165) is 25.7 Å². The van der Waals surface area contributed by atoms with Gasteiger partial charge in [-0.3, -0.25) is 14.4 Å². The van der Waals surface area contributed by atoms with Crippen LogP contribution >= 0.6 is 0 Å². The average molecular weight is 262 g/mol. The fourth-order valence-corrected chi connectivity index (χ4v) is 6.10. The van der Waals surface area contributed by atoms with E-state index in [9.17, 15) is 14.4 Å². The van der Waals surface area contributed by atoms with Gasteiger partial charge >= 0.3 is 0 Å². The van der Waals surface area contributed by atoms with Crippen LogP contribution in [0.3, 0.4) is 0 Å². The normalized spacial score (nSPS) is 42.2. The summed E-state index contributed by atoms with van der Waals surface area (Å²) in [6, 6.07) is 0. The van der Waals surface area contributed by atoms with Gasteiger partial charge < -0.3 is 0 Å². The molecule has 104 valence electrons. The van der Waals surface area contributed by atoms with Crippen molar-refractivity contribution in [2.24, 2.45) is 28.6 Å². The van der Waals surface area contributed by atoms with Crippen molar-refractivity contribution in [1.82, 2.24) is 0 Å².